The Labute approximate surface area is 116 Å². The van der Waals surface area contributed by atoms with Crippen LogP contribution in [0.15, 0.2) is 0 Å². The molecule has 1 amide bonds. The van der Waals surface area contributed by atoms with Gasteiger partial charge < -0.3 is 11.1 Å². The van der Waals surface area contributed by atoms with Crippen LogP contribution in [0.4, 0.5) is 0 Å². The smallest absolute Gasteiger partial charge is 0.227 e. The van der Waals surface area contributed by atoms with Crippen LogP contribution >= 0.6 is 11.8 Å². The number of nitrogens with one attached hydrogen (secondary N) is 1. The first-order valence-electron chi connectivity index (χ1n) is 7.23. The van der Waals surface area contributed by atoms with E-state index in [0.29, 0.717) is 6.54 Å². The Morgan fingerprint density at radius 1 is 1.39 bits per heavy atom. The highest BCUT2D eigenvalue weighted by Gasteiger charge is 2.38. The molecule has 0 aromatic carbocycles. The van der Waals surface area contributed by atoms with E-state index < -0.39 is 0 Å². The Kier molecular flexibility index (Phi) is 7.08. The lowest BCUT2D eigenvalue weighted by molar-refractivity contribution is -0.133. The van der Waals surface area contributed by atoms with Crippen molar-refractivity contribution in [2.45, 2.75) is 58.4 Å². The predicted octanol–water partition coefficient (Wildman–Crippen LogP) is 2.54. The van der Waals surface area contributed by atoms with Crippen LogP contribution in [0.3, 0.4) is 0 Å². The molecule has 106 valence electrons. The van der Waals surface area contributed by atoms with Crippen LogP contribution in [-0.4, -0.2) is 30.0 Å². The van der Waals surface area contributed by atoms with E-state index in [2.05, 4.69) is 19.2 Å². The first-order valence-corrected chi connectivity index (χ1v) is 8.39. The zero-order valence-electron chi connectivity index (χ0n) is 11.8. The second kappa shape index (κ2) is 8.05. The molecule has 1 unspecified atom stereocenters. The van der Waals surface area contributed by atoms with Crippen molar-refractivity contribution >= 4 is 17.7 Å². The van der Waals surface area contributed by atoms with E-state index in [-0.39, 0.29) is 17.4 Å². The van der Waals surface area contributed by atoms with E-state index in [1.165, 1.54) is 6.42 Å². The van der Waals surface area contributed by atoms with Gasteiger partial charge in [0.1, 0.15) is 0 Å². The van der Waals surface area contributed by atoms with Gasteiger partial charge >= 0.3 is 0 Å². The van der Waals surface area contributed by atoms with E-state index in [9.17, 15) is 4.79 Å². The van der Waals surface area contributed by atoms with Crippen LogP contribution in [0.1, 0.15) is 52.4 Å². The van der Waals surface area contributed by atoms with E-state index in [1.807, 2.05) is 11.8 Å². The standard InChI is InChI=1S/C14H28N2OS/c1-3-18-10-7-12(2)16-13(17)14(11-15)8-5-4-6-9-14/h12H,3-11,15H2,1-2H3,(H,16,17). The van der Waals surface area contributed by atoms with Gasteiger partial charge in [-0.3, -0.25) is 4.79 Å². The first-order chi connectivity index (χ1) is 8.64. The molecule has 3 N–H and O–H groups in total. The molecule has 0 aromatic heterocycles. The molecule has 1 fully saturated rings. The van der Waals surface area contributed by atoms with Crippen LogP contribution in [0.2, 0.25) is 0 Å². The van der Waals surface area contributed by atoms with Crippen molar-refractivity contribution in [3.8, 4) is 0 Å². The summed E-state index contributed by atoms with van der Waals surface area (Å²) in [5, 5.41) is 3.17. The molecule has 0 aromatic rings. The molecule has 18 heavy (non-hydrogen) atoms. The summed E-state index contributed by atoms with van der Waals surface area (Å²) in [5.41, 5.74) is 5.60. The van der Waals surface area contributed by atoms with Crippen molar-refractivity contribution in [1.29, 1.82) is 0 Å². The molecular formula is C14H28N2OS. The van der Waals surface area contributed by atoms with Crippen molar-refractivity contribution in [3.63, 3.8) is 0 Å². The Morgan fingerprint density at radius 3 is 2.61 bits per heavy atom. The van der Waals surface area contributed by atoms with Gasteiger partial charge in [0.15, 0.2) is 0 Å². The molecule has 0 aliphatic heterocycles. The molecule has 1 rings (SSSR count). The van der Waals surface area contributed by atoms with Crippen molar-refractivity contribution in [3.05, 3.63) is 0 Å². The summed E-state index contributed by atoms with van der Waals surface area (Å²) in [5.74, 6) is 2.46. The Hall–Kier alpha value is -0.220. The maximum absolute atomic E-state index is 12.4. The van der Waals surface area contributed by atoms with Crippen LogP contribution in [0, 0.1) is 5.41 Å². The van der Waals surface area contributed by atoms with Gasteiger partial charge in [0.2, 0.25) is 5.91 Å². The third-order valence-electron chi connectivity index (χ3n) is 3.96. The highest BCUT2D eigenvalue weighted by atomic mass is 32.2. The topological polar surface area (TPSA) is 55.1 Å². The fourth-order valence-corrected chi connectivity index (χ4v) is 3.41. The monoisotopic (exact) mass is 272 g/mol. The van der Waals surface area contributed by atoms with Crippen LogP contribution < -0.4 is 11.1 Å². The average Bonchev–Trinajstić information content (AvgIpc) is 2.39. The van der Waals surface area contributed by atoms with Crippen molar-refractivity contribution in [1.82, 2.24) is 5.32 Å². The average molecular weight is 272 g/mol. The van der Waals surface area contributed by atoms with Gasteiger partial charge in [-0.15, -0.1) is 0 Å². The van der Waals surface area contributed by atoms with E-state index in [4.69, 9.17) is 5.73 Å². The summed E-state index contributed by atoms with van der Waals surface area (Å²) in [6.07, 6.45) is 6.51. The van der Waals surface area contributed by atoms with Gasteiger partial charge in [-0.2, -0.15) is 11.8 Å². The number of hydrogen-bond acceptors (Lipinski definition) is 3. The summed E-state index contributed by atoms with van der Waals surface area (Å²) >= 11 is 1.93. The number of rotatable bonds is 7. The minimum atomic E-state index is -0.273. The van der Waals surface area contributed by atoms with Gasteiger partial charge in [0.05, 0.1) is 5.41 Å². The third-order valence-corrected chi connectivity index (χ3v) is 4.89. The molecule has 0 radical (unpaired) electrons. The summed E-state index contributed by atoms with van der Waals surface area (Å²) in [4.78, 5) is 12.4. The number of amides is 1. The Bertz CT molecular complexity index is 252. The maximum atomic E-state index is 12.4. The van der Waals surface area contributed by atoms with Crippen LogP contribution in [0.5, 0.6) is 0 Å². The SMILES string of the molecule is CCSCCC(C)NC(=O)C1(CN)CCCCC1. The van der Waals surface area contributed by atoms with Gasteiger partial charge in [0.25, 0.3) is 0 Å². The molecule has 1 aliphatic rings. The molecule has 1 saturated carbocycles. The molecule has 0 saturated heterocycles. The third kappa shape index (κ3) is 4.47. The minimum Gasteiger partial charge on any atom is -0.353 e. The molecule has 0 bridgehead atoms. The summed E-state index contributed by atoms with van der Waals surface area (Å²) in [6, 6.07) is 0.266. The Balaban J connectivity index is 2.41. The summed E-state index contributed by atoms with van der Waals surface area (Å²) in [7, 11) is 0. The normalized spacial score (nSPS) is 20.4. The molecule has 0 heterocycles. The zero-order valence-corrected chi connectivity index (χ0v) is 12.7. The van der Waals surface area contributed by atoms with E-state index in [1.54, 1.807) is 0 Å². The lowest BCUT2D eigenvalue weighted by Gasteiger charge is -2.35. The number of nitrogens with two attached hydrogens (primary N) is 1. The molecule has 1 aliphatic carbocycles. The Morgan fingerprint density at radius 2 is 2.06 bits per heavy atom. The second-order valence-electron chi connectivity index (χ2n) is 5.41. The highest BCUT2D eigenvalue weighted by Crippen LogP contribution is 2.35. The van der Waals surface area contributed by atoms with Gasteiger partial charge in [-0.05, 0) is 37.7 Å². The lowest BCUT2D eigenvalue weighted by Crippen LogP contribution is -2.49. The van der Waals surface area contributed by atoms with Crippen LogP contribution in [0.25, 0.3) is 0 Å². The quantitative estimate of drug-likeness (QED) is 0.700. The van der Waals surface area contributed by atoms with Crippen molar-refractivity contribution in [2.75, 3.05) is 18.1 Å². The summed E-state index contributed by atoms with van der Waals surface area (Å²) < 4.78 is 0. The largest absolute Gasteiger partial charge is 0.353 e. The van der Waals surface area contributed by atoms with Crippen LogP contribution in [-0.2, 0) is 4.79 Å². The molecule has 3 nitrogen and oxygen atoms in total. The maximum Gasteiger partial charge on any atom is 0.227 e. The molecule has 0 spiro atoms. The predicted molar refractivity (Wildman–Crippen MR) is 79.8 cm³/mol. The fraction of sp³-hybridized carbons (Fsp3) is 0.929. The zero-order chi connectivity index (χ0) is 13.4. The second-order valence-corrected chi connectivity index (χ2v) is 6.80. The fourth-order valence-electron chi connectivity index (χ4n) is 2.61. The minimum absolute atomic E-state index is 0.193. The number of hydrogen-bond donors (Lipinski definition) is 2. The molecule has 4 heteroatoms. The van der Waals surface area contributed by atoms with Crippen molar-refractivity contribution in [2.24, 2.45) is 11.1 Å². The molecular weight excluding hydrogens is 244 g/mol. The lowest BCUT2D eigenvalue weighted by atomic mass is 9.73. The molecule has 1 atom stereocenters. The van der Waals surface area contributed by atoms with Gasteiger partial charge in [-0.1, -0.05) is 26.2 Å². The first kappa shape index (κ1) is 15.8. The van der Waals surface area contributed by atoms with Crippen molar-refractivity contribution < 1.29 is 4.79 Å². The number of carbonyl (C=O) groups is 1. The van der Waals surface area contributed by atoms with E-state index in [0.717, 1.165) is 43.6 Å². The number of thioether (sulfide) groups is 1. The highest BCUT2D eigenvalue weighted by molar-refractivity contribution is 7.99. The summed E-state index contributed by atoms with van der Waals surface area (Å²) in [6.45, 7) is 4.76. The van der Waals surface area contributed by atoms with E-state index >= 15 is 0 Å². The van der Waals surface area contributed by atoms with Gasteiger partial charge in [-0.25, -0.2) is 0 Å². The number of carbonyl (C=O) groups excluding carboxylic acids is 1. The van der Waals surface area contributed by atoms with Gasteiger partial charge in [0, 0.05) is 12.6 Å².